The highest BCUT2D eigenvalue weighted by atomic mass is 16.3. The molecule has 0 aromatic heterocycles. The second-order valence-electron chi connectivity index (χ2n) is 3.12. The SMILES string of the molecule is [B]C1CC(CO)[C@H](CO)C1. The van der Waals surface area contributed by atoms with Crippen LogP contribution in [0.25, 0.3) is 0 Å². The fourth-order valence-corrected chi connectivity index (χ4v) is 1.71. The van der Waals surface area contributed by atoms with Crippen LogP contribution in [0.1, 0.15) is 12.8 Å². The molecule has 0 amide bonds. The molecule has 2 unspecified atom stereocenters. The molecule has 1 aliphatic carbocycles. The first-order valence-electron chi connectivity index (χ1n) is 3.75. The molecule has 3 heteroatoms. The van der Waals surface area contributed by atoms with Gasteiger partial charge in [0.15, 0.2) is 0 Å². The average molecular weight is 140 g/mol. The Morgan fingerprint density at radius 2 is 1.50 bits per heavy atom. The molecule has 0 heterocycles. The number of aliphatic hydroxyl groups is 2. The molecular formula is C7H13BO2. The molecule has 56 valence electrons. The van der Waals surface area contributed by atoms with Crippen LogP contribution in [0.15, 0.2) is 0 Å². The van der Waals surface area contributed by atoms with E-state index in [4.69, 9.17) is 18.1 Å². The first kappa shape index (κ1) is 8.09. The third-order valence-electron chi connectivity index (χ3n) is 2.35. The van der Waals surface area contributed by atoms with E-state index in [1.807, 2.05) is 0 Å². The van der Waals surface area contributed by atoms with Crippen molar-refractivity contribution in [1.29, 1.82) is 0 Å². The average Bonchev–Trinajstić information content (AvgIpc) is 2.30. The second-order valence-corrected chi connectivity index (χ2v) is 3.12. The van der Waals surface area contributed by atoms with Crippen molar-refractivity contribution in [2.45, 2.75) is 18.7 Å². The highest BCUT2D eigenvalue weighted by Gasteiger charge is 2.30. The first-order valence-corrected chi connectivity index (χ1v) is 3.75. The van der Waals surface area contributed by atoms with Crippen LogP contribution in [0, 0.1) is 11.8 Å². The highest BCUT2D eigenvalue weighted by Crippen LogP contribution is 2.37. The van der Waals surface area contributed by atoms with Crippen LogP contribution in [0.5, 0.6) is 0 Å². The summed E-state index contributed by atoms with van der Waals surface area (Å²) in [5.41, 5.74) is 0. The van der Waals surface area contributed by atoms with Gasteiger partial charge < -0.3 is 10.2 Å². The summed E-state index contributed by atoms with van der Waals surface area (Å²) < 4.78 is 0. The van der Waals surface area contributed by atoms with Crippen molar-refractivity contribution in [3.8, 4) is 0 Å². The summed E-state index contributed by atoms with van der Waals surface area (Å²) in [6.07, 6.45) is 1.73. The van der Waals surface area contributed by atoms with Crippen LogP contribution in [-0.4, -0.2) is 31.3 Å². The van der Waals surface area contributed by atoms with E-state index in [1.165, 1.54) is 0 Å². The lowest BCUT2D eigenvalue weighted by Gasteiger charge is -2.12. The Balaban J connectivity index is 2.41. The van der Waals surface area contributed by atoms with Gasteiger partial charge >= 0.3 is 0 Å². The van der Waals surface area contributed by atoms with Gasteiger partial charge in [-0.25, -0.2) is 0 Å². The Bertz CT molecular complexity index is 95.8. The lowest BCUT2D eigenvalue weighted by Crippen LogP contribution is -2.15. The van der Waals surface area contributed by atoms with Crippen LogP contribution >= 0.6 is 0 Å². The molecular weight excluding hydrogens is 127 g/mol. The monoisotopic (exact) mass is 140 g/mol. The molecule has 2 nitrogen and oxygen atoms in total. The van der Waals surface area contributed by atoms with Gasteiger partial charge in [0.25, 0.3) is 0 Å². The largest absolute Gasteiger partial charge is 0.396 e. The van der Waals surface area contributed by atoms with Crippen molar-refractivity contribution in [2.24, 2.45) is 11.8 Å². The van der Waals surface area contributed by atoms with E-state index < -0.39 is 0 Å². The molecule has 1 rings (SSSR count). The summed E-state index contributed by atoms with van der Waals surface area (Å²) in [5, 5.41) is 17.6. The zero-order valence-corrected chi connectivity index (χ0v) is 6.03. The van der Waals surface area contributed by atoms with E-state index >= 15 is 0 Å². The fraction of sp³-hybridized carbons (Fsp3) is 1.00. The maximum atomic E-state index is 8.82. The Kier molecular flexibility index (Phi) is 2.75. The van der Waals surface area contributed by atoms with E-state index in [1.54, 1.807) is 0 Å². The summed E-state index contributed by atoms with van der Waals surface area (Å²) in [6, 6.07) is 0. The summed E-state index contributed by atoms with van der Waals surface area (Å²) in [6.45, 7) is 0.331. The maximum absolute atomic E-state index is 8.82. The molecule has 0 bridgehead atoms. The van der Waals surface area contributed by atoms with Crippen molar-refractivity contribution in [3.05, 3.63) is 0 Å². The Hall–Kier alpha value is -0.0151. The number of hydrogen-bond acceptors (Lipinski definition) is 2. The van der Waals surface area contributed by atoms with Crippen molar-refractivity contribution in [2.75, 3.05) is 13.2 Å². The van der Waals surface area contributed by atoms with Crippen molar-refractivity contribution < 1.29 is 10.2 Å². The molecule has 1 saturated carbocycles. The standard InChI is InChI=1S/C7H13BO2/c8-7-1-5(3-9)6(2-7)4-10/h5-7,9-10H,1-4H2/t5-,6?,7?/m0/s1. The third-order valence-corrected chi connectivity index (χ3v) is 2.35. The van der Waals surface area contributed by atoms with E-state index in [-0.39, 0.29) is 30.9 Å². The summed E-state index contributed by atoms with van der Waals surface area (Å²) >= 11 is 0. The highest BCUT2D eigenvalue weighted by molar-refractivity contribution is 6.11. The van der Waals surface area contributed by atoms with Gasteiger partial charge in [0.2, 0.25) is 0 Å². The van der Waals surface area contributed by atoms with Crippen LogP contribution in [0.4, 0.5) is 0 Å². The second kappa shape index (κ2) is 3.40. The van der Waals surface area contributed by atoms with Crippen LogP contribution in [0.3, 0.4) is 0 Å². The summed E-state index contributed by atoms with van der Waals surface area (Å²) in [7, 11) is 5.64. The molecule has 0 aromatic carbocycles. The van der Waals surface area contributed by atoms with Gasteiger partial charge in [-0.1, -0.05) is 18.7 Å². The van der Waals surface area contributed by atoms with Gasteiger partial charge in [0.05, 0.1) is 7.85 Å². The van der Waals surface area contributed by atoms with Gasteiger partial charge in [-0.15, -0.1) is 0 Å². The number of aliphatic hydroxyl groups excluding tert-OH is 2. The van der Waals surface area contributed by atoms with E-state index in [0.29, 0.717) is 0 Å². The van der Waals surface area contributed by atoms with E-state index in [2.05, 4.69) is 0 Å². The van der Waals surface area contributed by atoms with Gasteiger partial charge in [0.1, 0.15) is 0 Å². The third kappa shape index (κ3) is 1.52. The number of hydrogen-bond donors (Lipinski definition) is 2. The predicted molar refractivity (Wildman–Crippen MR) is 39.9 cm³/mol. The summed E-state index contributed by atoms with van der Waals surface area (Å²) in [4.78, 5) is 0. The van der Waals surface area contributed by atoms with Gasteiger partial charge in [0, 0.05) is 13.2 Å². The Morgan fingerprint density at radius 1 is 1.10 bits per heavy atom. The number of rotatable bonds is 2. The zero-order chi connectivity index (χ0) is 7.56. The molecule has 0 aliphatic heterocycles. The lowest BCUT2D eigenvalue weighted by atomic mass is 9.85. The van der Waals surface area contributed by atoms with Gasteiger partial charge in [-0.3, -0.25) is 0 Å². The van der Waals surface area contributed by atoms with E-state index in [0.717, 1.165) is 12.8 Å². The fourth-order valence-electron chi connectivity index (χ4n) is 1.71. The smallest absolute Gasteiger partial charge is 0.0699 e. The van der Waals surface area contributed by atoms with Crippen molar-refractivity contribution >= 4 is 7.85 Å². The molecule has 1 aliphatic rings. The van der Waals surface area contributed by atoms with Crippen molar-refractivity contribution in [3.63, 3.8) is 0 Å². The molecule has 2 N–H and O–H groups in total. The minimum Gasteiger partial charge on any atom is -0.396 e. The molecule has 0 spiro atoms. The molecule has 1 fully saturated rings. The molecule has 0 saturated heterocycles. The van der Waals surface area contributed by atoms with Crippen LogP contribution in [-0.2, 0) is 0 Å². The van der Waals surface area contributed by atoms with Gasteiger partial charge in [-0.05, 0) is 11.8 Å². The summed E-state index contributed by atoms with van der Waals surface area (Å²) in [5.74, 6) is 0.661. The minimum absolute atomic E-state index is 0.166. The Morgan fingerprint density at radius 3 is 1.80 bits per heavy atom. The van der Waals surface area contributed by atoms with Crippen LogP contribution in [0.2, 0.25) is 5.82 Å². The molecule has 3 atom stereocenters. The maximum Gasteiger partial charge on any atom is 0.0699 e. The normalized spacial score (nSPS) is 40.4. The zero-order valence-electron chi connectivity index (χ0n) is 6.03. The van der Waals surface area contributed by atoms with Gasteiger partial charge in [-0.2, -0.15) is 0 Å². The lowest BCUT2D eigenvalue weighted by molar-refractivity contribution is 0.141. The quantitative estimate of drug-likeness (QED) is 0.528. The molecule has 2 radical (unpaired) electrons. The topological polar surface area (TPSA) is 40.5 Å². The first-order chi connectivity index (χ1) is 4.77. The molecule has 10 heavy (non-hydrogen) atoms. The van der Waals surface area contributed by atoms with Crippen LogP contribution < -0.4 is 0 Å². The van der Waals surface area contributed by atoms with Crippen molar-refractivity contribution in [1.82, 2.24) is 0 Å². The predicted octanol–water partition coefficient (Wildman–Crippen LogP) is -0.0458. The Labute approximate surface area is 62.7 Å². The molecule has 0 aromatic rings. The minimum atomic E-state index is 0.166. The van der Waals surface area contributed by atoms with E-state index in [9.17, 15) is 0 Å².